The summed E-state index contributed by atoms with van der Waals surface area (Å²) in [4.78, 5) is 3.80. The number of hydrogen-bond acceptors (Lipinski definition) is 2. The molecule has 0 aliphatic heterocycles. The van der Waals surface area contributed by atoms with Gasteiger partial charge in [-0.3, -0.25) is 0 Å². The Hall–Kier alpha value is -1.90. The van der Waals surface area contributed by atoms with Crippen molar-refractivity contribution in [3.63, 3.8) is 0 Å². The summed E-state index contributed by atoms with van der Waals surface area (Å²) in [6.07, 6.45) is 0. The van der Waals surface area contributed by atoms with Gasteiger partial charge in [-0.1, -0.05) is 89.2 Å². The van der Waals surface area contributed by atoms with E-state index in [2.05, 4.69) is 98.1 Å². The fourth-order valence-electron chi connectivity index (χ4n) is 2.23. The van der Waals surface area contributed by atoms with Gasteiger partial charge in [0.1, 0.15) is 0 Å². The van der Waals surface area contributed by atoms with E-state index >= 15 is 0 Å². The molecular formula is C22H20S2. The standard InChI is InChI=1S/C22H20S2/c1-17-8-12-20(13-9-17)23-16-22(19-6-4-3-5-7-19)24-21-14-10-18(2)11-15-21/h3-16H,1-2H3/b22-16+. The monoisotopic (exact) mass is 348 g/mol. The van der Waals surface area contributed by atoms with E-state index in [4.69, 9.17) is 0 Å². The third kappa shape index (κ3) is 4.80. The Morgan fingerprint density at radius 1 is 0.667 bits per heavy atom. The Morgan fingerprint density at radius 3 is 1.79 bits per heavy atom. The predicted molar refractivity (Wildman–Crippen MR) is 108 cm³/mol. The van der Waals surface area contributed by atoms with Crippen LogP contribution in [-0.2, 0) is 0 Å². The van der Waals surface area contributed by atoms with Crippen molar-refractivity contribution in [2.24, 2.45) is 0 Å². The van der Waals surface area contributed by atoms with E-state index in [1.165, 1.54) is 31.4 Å². The molecule has 0 unspecified atom stereocenters. The van der Waals surface area contributed by atoms with Crippen LogP contribution in [0, 0.1) is 13.8 Å². The largest absolute Gasteiger partial charge is 0.0969 e. The summed E-state index contributed by atoms with van der Waals surface area (Å²) in [5.74, 6) is 0. The lowest BCUT2D eigenvalue weighted by Crippen LogP contribution is -1.81. The SMILES string of the molecule is Cc1ccc(S/C=C(/Sc2ccc(C)cc2)c2ccccc2)cc1. The van der Waals surface area contributed by atoms with E-state index in [1.807, 2.05) is 11.8 Å². The smallest absolute Gasteiger partial charge is 0.0261 e. The molecule has 0 N–H and O–H groups in total. The molecule has 0 saturated heterocycles. The van der Waals surface area contributed by atoms with Crippen molar-refractivity contribution in [2.45, 2.75) is 23.6 Å². The Morgan fingerprint density at radius 2 is 1.21 bits per heavy atom. The lowest BCUT2D eigenvalue weighted by atomic mass is 10.2. The number of thioether (sulfide) groups is 2. The van der Waals surface area contributed by atoms with Crippen molar-refractivity contribution < 1.29 is 0 Å². The molecule has 0 aromatic heterocycles. The first-order valence-electron chi connectivity index (χ1n) is 7.94. The summed E-state index contributed by atoms with van der Waals surface area (Å²) in [6, 6.07) is 28.0. The summed E-state index contributed by atoms with van der Waals surface area (Å²) in [7, 11) is 0. The van der Waals surface area contributed by atoms with Crippen LogP contribution in [0.4, 0.5) is 0 Å². The second-order valence-corrected chi connectivity index (χ2v) is 7.75. The van der Waals surface area contributed by atoms with Gasteiger partial charge in [-0.25, -0.2) is 0 Å². The maximum absolute atomic E-state index is 2.25. The van der Waals surface area contributed by atoms with Crippen LogP contribution in [0.15, 0.2) is 94.1 Å². The molecule has 0 radical (unpaired) electrons. The van der Waals surface area contributed by atoms with Gasteiger partial charge in [0, 0.05) is 14.7 Å². The maximum Gasteiger partial charge on any atom is 0.0261 e. The molecule has 0 saturated carbocycles. The minimum atomic E-state index is 1.25. The summed E-state index contributed by atoms with van der Waals surface area (Å²) in [5, 5.41) is 2.25. The van der Waals surface area contributed by atoms with Crippen LogP contribution in [0.5, 0.6) is 0 Å². The number of rotatable bonds is 5. The summed E-state index contributed by atoms with van der Waals surface area (Å²) in [6.45, 7) is 4.24. The van der Waals surface area contributed by atoms with Crippen LogP contribution in [0.3, 0.4) is 0 Å². The highest BCUT2D eigenvalue weighted by Gasteiger charge is 2.05. The van der Waals surface area contributed by atoms with Crippen LogP contribution in [0.25, 0.3) is 4.91 Å². The quantitative estimate of drug-likeness (QED) is 0.448. The molecular weight excluding hydrogens is 328 g/mol. The number of hydrogen-bond donors (Lipinski definition) is 0. The zero-order valence-electron chi connectivity index (χ0n) is 13.9. The van der Waals surface area contributed by atoms with Crippen LogP contribution in [0.1, 0.15) is 16.7 Å². The lowest BCUT2D eigenvalue weighted by Gasteiger charge is -2.08. The maximum atomic E-state index is 2.25. The third-order valence-corrected chi connectivity index (χ3v) is 5.76. The van der Waals surface area contributed by atoms with Crippen molar-refractivity contribution in [2.75, 3.05) is 0 Å². The van der Waals surface area contributed by atoms with Crippen LogP contribution in [0.2, 0.25) is 0 Å². The molecule has 0 amide bonds. The van der Waals surface area contributed by atoms with Crippen molar-refractivity contribution in [1.82, 2.24) is 0 Å². The topological polar surface area (TPSA) is 0 Å². The van der Waals surface area contributed by atoms with Gasteiger partial charge in [-0.05, 0) is 49.1 Å². The average molecular weight is 349 g/mol. The lowest BCUT2D eigenvalue weighted by molar-refractivity contribution is 1.38. The van der Waals surface area contributed by atoms with Crippen molar-refractivity contribution in [3.8, 4) is 0 Å². The minimum Gasteiger partial charge on any atom is -0.0969 e. The molecule has 3 aromatic carbocycles. The predicted octanol–water partition coefficient (Wildman–Crippen LogP) is 7.19. The first-order valence-corrected chi connectivity index (χ1v) is 9.64. The highest BCUT2D eigenvalue weighted by Crippen LogP contribution is 2.37. The molecule has 0 atom stereocenters. The van der Waals surface area contributed by atoms with E-state index in [0.717, 1.165) is 0 Å². The van der Waals surface area contributed by atoms with Gasteiger partial charge in [0.05, 0.1) is 0 Å². The van der Waals surface area contributed by atoms with Gasteiger partial charge < -0.3 is 0 Å². The molecule has 0 spiro atoms. The highest BCUT2D eigenvalue weighted by molar-refractivity contribution is 8.10. The second kappa shape index (κ2) is 8.27. The zero-order valence-corrected chi connectivity index (χ0v) is 15.5. The molecule has 0 heterocycles. The first kappa shape index (κ1) is 16.9. The van der Waals surface area contributed by atoms with E-state index in [9.17, 15) is 0 Å². The summed E-state index contributed by atoms with van der Waals surface area (Å²) < 4.78 is 0. The van der Waals surface area contributed by atoms with Gasteiger partial charge in [0.2, 0.25) is 0 Å². The minimum absolute atomic E-state index is 1.25. The Bertz CT molecular complexity index is 801. The molecule has 0 aliphatic carbocycles. The van der Waals surface area contributed by atoms with E-state index in [1.54, 1.807) is 11.8 Å². The molecule has 24 heavy (non-hydrogen) atoms. The fraction of sp³-hybridized carbons (Fsp3) is 0.0909. The molecule has 120 valence electrons. The van der Waals surface area contributed by atoms with Crippen molar-refractivity contribution in [3.05, 3.63) is 101 Å². The molecule has 0 aliphatic rings. The normalized spacial score (nSPS) is 11.5. The van der Waals surface area contributed by atoms with Gasteiger partial charge >= 0.3 is 0 Å². The Labute approximate surface area is 153 Å². The Balaban J connectivity index is 1.85. The van der Waals surface area contributed by atoms with Gasteiger partial charge in [0.25, 0.3) is 0 Å². The first-order chi connectivity index (χ1) is 11.7. The molecule has 3 rings (SSSR count). The molecule has 0 nitrogen and oxygen atoms in total. The van der Waals surface area contributed by atoms with Crippen molar-refractivity contribution >= 4 is 28.4 Å². The fourth-order valence-corrected chi connectivity index (χ4v) is 4.01. The van der Waals surface area contributed by atoms with Crippen LogP contribution in [-0.4, -0.2) is 0 Å². The number of aryl methyl sites for hydroxylation is 2. The van der Waals surface area contributed by atoms with Gasteiger partial charge in [-0.2, -0.15) is 0 Å². The van der Waals surface area contributed by atoms with Gasteiger partial charge in [0.15, 0.2) is 0 Å². The molecule has 0 fully saturated rings. The highest BCUT2D eigenvalue weighted by atomic mass is 32.2. The van der Waals surface area contributed by atoms with Gasteiger partial charge in [-0.15, -0.1) is 0 Å². The summed E-state index contributed by atoms with van der Waals surface area (Å²) >= 11 is 3.58. The Kier molecular flexibility index (Phi) is 5.84. The second-order valence-electron chi connectivity index (χ2n) is 5.69. The number of benzene rings is 3. The van der Waals surface area contributed by atoms with Crippen molar-refractivity contribution in [1.29, 1.82) is 0 Å². The third-order valence-electron chi connectivity index (χ3n) is 3.63. The molecule has 3 aromatic rings. The van der Waals surface area contributed by atoms with E-state index in [0.29, 0.717) is 0 Å². The van der Waals surface area contributed by atoms with E-state index < -0.39 is 0 Å². The summed E-state index contributed by atoms with van der Waals surface area (Å²) in [5.41, 5.74) is 3.84. The molecule has 2 heteroatoms. The van der Waals surface area contributed by atoms with Crippen LogP contribution >= 0.6 is 23.5 Å². The van der Waals surface area contributed by atoms with Crippen LogP contribution < -0.4 is 0 Å². The zero-order chi connectivity index (χ0) is 16.8. The van der Waals surface area contributed by atoms with E-state index in [-0.39, 0.29) is 0 Å². The molecule has 0 bridgehead atoms. The average Bonchev–Trinajstić information content (AvgIpc) is 2.62.